The van der Waals surface area contributed by atoms with Crippen molar-refractivity contribution in [3.63, 3.8) is 0 Å². The summed E-state index contributed by atoms with van der Waals surface area (Å²) in [5.74, 6) is -2.95. The number of nitrogens with zero attached hydrogens (tertiary/aromatic N) is 1. The van der Waals surface area contributed by atoms with Crippen molar-refractivity contribution in [2.75, 3.05) is 6.61 Å². The zero-order valence-electron chi connectivity index (χ0n) is 16.8. The predicted octanol–water partition coefficient (Wildman–Crippen LogP) is 5.94. The van der Waals surface area contributed by atoms with Crippen LogP contribution in [0.4, 0.5) is 18.9 Å². The molecule has 0 radical (unpaired) electrons. The van der Waals surface area contributed by atoms with Gasteiger partial charge in [0.2, 0.25) is 5.75 Å². The first-order valence-corrected chi connectivity index (χ1v) is 9.60. The van der Waals surface area contributed by atoms with E-state index in [9.17, 15) is 32.9 Å². The number of nitro groups is 1. The minimum Gasteiger partial charge on any atom is -0.462 e. The maximum absolute atomic E-state index is 12.8. The van der Waals surface area contributed by atoms with Gasteiger partial charge < -0.3 is 14.2 Å². The molecule has 0 atom stereocenters. The van der Waals surface area contributed by atoms with E-state index in [0.717, 1.165) is 24.3 Å². The van der Waals surface area contributed by atoms with E-state index in [1.165, 1.54) is 6.92 Å². The van der Waals surface area contributed by atoms with E-state index < -0.39 is 50.6 Å². The molecule has 8 nitrogen and oxygen atoms in total. The molecule has 172 valence electrons. The van der Waals surface area contributed by atoms with Crippen LogP contribution >= 0.6 is 11.6 Å². The Morgan fingerprint density at radius 3 is 2.34 bits per heavy atom. The van der Waals surface area contributed by atoms with Gasteiger partial charge in [0, 0.05) is 18.6 Å². The summed E-state index contributed by atoms with van der Waals surface area (Å²) in [6, 6.07) is 4.21. The molecule has 0 fully saturated rings. The minimum absolute atomic E-state index is 0.0539. The first kappa shape index (κ1) is 24.9. The maximum atomic E-state index is 12.8. The molecule has 0 amide bonds. The van der Waals surface area contributed by atoms with Gasteiger partial charge in [-0.05, 0) is 31.5 Å². The molecule has 0 saturated heterocycles. The molecule has 0 aromatic heterocycles. The van der Waals surface area contributed by atoms with E-state index in [4.69, 9.17) is 25.8 Å². The lowest BCUT2D eigenvalue weighted by Gasteiger charge is -2.14. The number of carbonyl (C=O) groups is 2. The fourth-order valence-electron chi connectivity index (χ4n) is 2.54. The Kier molecular flexibility index (Phi) is 8.03. The fourth-order valence-corrected chi connectivity index (χ4v) is 2.76. The monoisotopic (exact) mass is 475 g/mol. The predicted molar refractivity (Wildman–Crippen MR) is 106 cm³/mol. The number of ether oxygens (including phenoxy) is 3. The van der Waals surface area contributed by atoms with E-state index in [0.29, 0.717) is 12.5 Å². The molecule has 12 heteroatoms. The number of halogens is 4. The number of esters is 2. The molecule has 0 bridgehead atoms. The van der Waals surface area contributed by atoms with Crippen LogP contribution in [0.1, 0.15) is 42.6 Å². The molecule has 0 N–H and O–H groups in total. The van der Waals surface area contributed by atoms with Gasteiger partial charge in [0.25, 0.3) is 0 Å². The Morgan fingerprint density at radius 1 is 1.12 bits per heavy atom. The zero-order valence-corrected chi connectivity index (χ0v) is 17.6. The Hall–Kier alpha value is -3.34. The van der Waals surface area contributed by atoms with Gasteiger partial charge in [-0.3, -0.25) is 14.9 Å². The highest BCUT2D eigenvalue weighted by Gasteiger charge is 2.32. The number of benzene rings is 2. The van der Waals surface area contributed by atoms with Crippen molar-refractivity contribution in [3.8, 4) is 17.2 Å². The van der Waals surface area contributed by atoms with Crippen LogP contribution in [0.3, 0.4) is 0 Å². The third-order valence-corrected chi connectivity index (χ3v) is 4.19. The topological polar surface area (TPSA) is 105 Å². The number of hydrogen-bond donors (Lipinski definition) is 0. The first-order valence-electron chi connectivity index (χ1n) is 9.22. The molecule has 0 unspecified atom stereocenters. The summed E-state index contributed by atoms with van der Waals surface area (Å²) in [6.45, 7) is 3.07. The number of hydrogen-bond acceptors (Lipinski definition) is 7. The molecular weight excluding hydrogens is 459 g/mol. The number of rotatable bonds is 8. The number of carbonyl (C=O) groups excluding carboxylic acids is 2. The molecule has 0 aliphatic rings. The van der Waals surface area contributed by atoms with E-state index in [-0.39, 0.29) is 24.5 Å². The van der Waals surface area contributed by atoms with E-state index in [1.807, 2.05) is 0 Å². The lowest BCUT2D eigenvalue weighted by molar-refractivity contribution is -0.386. The summed E-state index contributed by atoms with van der Waals surface area (Å²) < 4.78 is 53.8. The number of nitro benzene ring substituents is 1. The lowest BCUT2D eigenvalue weighted by Crippen LogP contribution is -2.13. The molecule has 0 saturated carbocycles. The second-order valence-electron chi connectivity index (χ2n) is 6.26. The highest BCUT2D eigenvalue weighted by Crippen LogP contribution is 2.40. The fraction of sp³-hybridized carbons (Fsp3) is 0.300. The van der Waals surface area contributed by atoms with Gasteiger partial charge in [0.15, 0.2) is 0 Å². The molecule has 0 aliphatic carbocycles. The van der Waals surface area contributed by atoms with E-state index >= 15 is 0 Å². The molecule has 2 rings (SSSR count). The third kappa shape index (κ3) is 6.10. The quantitative estimate of drug-likeness (QED) is 0.201. The van der Waals surface area contributed by atoms with Crippen molar-refractivity contribution in [2.24, 2.45) is 0 Å². The largest absolute Gasteiger partial charge is 0.462 e. The van der Waals surface area contributed by atoms with Gasteiger partial charge in [0.05, 0.1) is 22.1 Å². The summed E-state index contributed by atoms with van der Waals surface area (Å²) >= 11 is 5.87. The SMILES string of the molecule is CCCC(=O)Oc1cc(Oc2ccc(C(F)(F)F)cc2Cl)cc(C(=O)OCC)c1[N+](=O)[O-]. The van der Waals surface area contributed by atoms with Gasteiger partial charge in [-0.1, -0.05) is 18.5 Å². The van der Waals surface area contributed by atoms with Crippen LogP contribution in [0.15, 0.2) is 30.3 Å². The summed E-state index contributed by atoms with van der Waals surface area (Å²) in [7, 11) is 0. The second kappa shape index (κ2) is 10.3. The van der Waals surface area contributed by atoms with Crippen LogP contribution in [0.5, 0.6) is 17.2 Å². The Morgan fingerprint density at radius 2 is 1.81 bits per heavy atom. The summed E-state index contributed by atoms with van der Waals surface area (Å²) in [5, 5.41) is 11.2. The summed E-state index contributed by atoms with van der Waals surface area (Å²) in [5.41, 5.74) is -2.41. The van der Waals surface area contributed by atoms with Gasteiger partial charge in [-0.2, -0.15) is 13.2 Å². The standard InChI is InChI=1S/C20H17ClF3NO7/c1-3-5-17(26)32-16-10-12(9-13(18(16)25(28)29)19(27)30-4-2)31-15-7-6-11(8-14(15)21)20(22,23)24/h6-10H,3-5H2,1-2H3. The average Bonchev–Trinajstić information content (AvgIpc) is 2.68. The van der Waals surface area contributed by atoms with Crippen LogP contribution in [-0.4, -0.2) is 23.5 Å². The zero-order chi connectivity index (χ0) is 24.1. The Balaban J connectivity index is 2.57. The van der Waals surface area contributed by atoms with Crippen molar-refractivity contribution in [1.82, 2.24) is 0 Å². The number of alkyl halides is 3. The van der Waals surface area contributed by atoms with Gasteiger partial charge in [-0.15, -0.1) is 0 Å². The van der Waals surface area contributed by atoms with Gasteiger partial charge in [-0.25, -0.2) is 4.79 Å². The van der Waals surface area contributed by atoms with E-state index in [1.54, 1.807) is 6.92 Å². The molecule has 2 aromatic rings. The maximum Gasteiger partial charge on any atom is 0.416 e. The van der Waals surface area contributed by atoms with Crippen molar-refractivity contribution in [2.45, 2.75) is 32.9 Å². The molecule has 32 heavy (non-hydrogen) atoms. The van der Waals surface area contributed by atoms with Gasteiger partial charge in [0.1, 0.15) is 17.1 Å². The Bertz CT molecular complexity index is 1040. The third-order valence-electron chi connectivity index (χ3n) is 3.89. The molecule has 0 spiro atoms. The minimum atomic E-state index is -4.63. The van der Waals surface area contributed by atoms with Crippen LogP contribution < -0.4 is 9.47 Å². The Labute approximate surface area is 185 Å². The lowest BCUT2D eigenvalue weighted by atomic mass is 10.1. The van der Waals surface area contributed by atoms with Crippen molar-refractivity contribution >= 4 is 29.2 Å². The van der Waals surface area contributed by atoms with E-state index in [2.05, 4.69) is 0 Å². The first-order chi connectivity index (χ1) is 15.0. The molecular formula is C20H17ClF3NO7. The van der Waals surface area contributed by atoms with Gasteiger partial charge >= 0.3 is 23.8 Å². The highest BCUT2D eigenvalue weighted by atomic mass is 35.5. The highest BCUT2D eigenvalue weighted by molar-refractivity contribution is 6.32. The van der Waals surface area contributed by atoms with Crippen LogP contribution in [0, 0.1) is 10.1 Å². The van der Waals surface area contributed by atoms with Crippen molar-refractivity contribution in [3.05, 3.63) is 56.6 Å². The normalized spacial score (nSPS) is 11.1. The molecule has 0 aliphatic heterocycles. The van der Waals surface area contributed by atoms with Crippen LogP contribution in [0.25, 0.3) is 0 Å². The van der Waals surface area contributed by atoms with Crippen LogP contribution in [0.2, 0.25) is 5.02 Å². The summed E-state index contributed by atoms with van der Waals surface area (Å²) in [6.07, 6.45) is -4.29. The van der Waals surface area contributed by atoms with Crippen molar-refractivity contribution in [1.29, 1.82) is 0 Å². The second-order valence-corrected chi connectivity index (χ2v) is 6.67. The molecule has 2 aromatic carbocycles. The average molecular weight is 476 g/mol. The van der Waals surface area contributed by atoms with Crippen molar-refractivity contribution < 1.29 is 41.9 Å². The smallest absolute Gasteiger partial charge is 0.416 e. The molecule has 0 heterocycles. The van der Waals surface area contributed by atoms with Crippen LogP contribution in [-0.2, 0) is 15.7 Å². The summed E-state index contributed by atoms with van der Waals surface area (Å²) in [4.78, 5) is 34.9.